The van der Waals surface area contributed by atoms with Gasteiger partial charge >= 0.3 is 0 Å². The topological polar surface area (TPSA) is 56.9 Å². The molecule has 4 rings (SSSR count). The average Bonchev–Trinajstić information content (AvgIpc) is 2.91. The van der Waals surface area contributed by atoms with Gasteiger partial charge in [0.25, 0.3) is 0 Å². The zero-order chi connectivity index (χ0) is 12.4. The summed E-state index contributed by atoms with van der Waals surface area (Å²) in [4.78, 5) is 9.65. The standard InChI is InChI=1S/C13H25N5.HI/c14-13(16-11-3-1-2-4-11)15-9-12-10-17-5-7-18(12)8-6-17;/h11-12H,1-10H2,(H3,14,15,16);1H. The lowest BCUT2D eigenvalue weighted by molar-refractivity contribution is 0.0174. The quantitative estimate of drug-likeness (QED) is 0.425. The lowest BCUT2D eigenvalue weighted by Gasteiger charge is -2.47. The molecule has 110 valence electrons. The van der Waals surface area contributed by atoms with Crippen molar-refractivity contribution in [1.82, 2.24) is 15.1 Å². The van der Waals surface area contributed by atoms with Crippen molar-refractivity contribution in [3.63, 3.8) is 0 Å². The number of aliphatic imine (C=N–C) groups is 1. The molecule has 0 aromatic heterocycles. The van der Waals surface area contributed by atoms with E-state index in [4.69, 9.17) is 5.73 Å². The summed E-state index contributed by atoms with van der Waals surface area (Å²) in [6.45, 7) is 6.89. The van der Waals surface area contributed by atoms with Gasteiger partial charge in [-0.15, -0.1) is 24.0 Å². The highest BCUT2D eigenvalue weighted by Crippen LogP contribution is 2.17. The average molecular weight is 379 g/mol. The molecule has 6 heteroatoms. The SMILES string of the molecule is I.NC(=NCC1CN2CCN1CC2)NC1CCCC1. The predicted octanol–water partition coefficient (Wildman–Crippen LogP) is 0.451. The first-order valence-corrected chi connectivity index (χ1v) is 7.34. The molecule has 0 spiro atoms. The van der Waals surface area contributed by atoms with Crippen LogP contribution in [-0.4, -0.2) is 67.1 Å². The Morgan fingerprint density at radius 3 is 2.42 bits per heavy atom. The van der Waals surface area contributed by atoms with Crippen LogP contribution < -0.4 is 11.1 Å². The Hall–Kier alpha value is -0.0800. The second kappa shape index (κ2) is 7.08. The van der Waals surface area contributed by atoms with Gasteiger partial charge in [0.05, 0.1) is 6.54 Å². The Morgan fingerprint density at radius 1 is 1.16 bits per heavy atom. The van der Waals surface area contributed by atoms with E-state index in [0.717, 1.165) is 6.54 Å². The lowest BCUT2D eigenvalue weighted by Crippen LogP contribution is -2.62. The number of hydrogen-bond acceptors (Lipinski definition) is 3. The van der Waals surface area contributed by atoms with Crippen molar-refractivity contribution in [2.24, 2.45) is 10.7 Å². The summed E-state index contributed by atoms with van der Waals surface area (Å²) in [5.41, 5.74) is 5.98. The van der Waals surface area contributed by atoms with E-state index in [9.17, 15) is 0 Å². The largest absolute Gasteiger partial charge is 0.370 e. The van der Waals surface area contributed by atoms with Gasteiger partial charge in [-0.3, -0.25) is 14.8 Å². The molecular weight excluding hydrogens is 353 g/mol. The van der Waals surface area contributed by atoms with Crippen molar-refractivity contribution in [2.45, 2.75) is 37.8 Å². The number of nitrogens with two attached hydrogens (primary N) is 1. The number of nitrogens with one attached hydrogen (secondary N) is 1. The van der Waals surface area contributed by atoms with E-state index in [0.29, 0.717) is 18.0 Å². The Labute approximate surface area is 133 Å². The van der Waals surface area contributed by atoms with Crippen LogP contribution in [0, 0.1) is 0 Å². The maximum Gasteiger partial charge on any atom is 0.188 e. The molecular formula is C13H26IN5. The number of nitrogens with zero attached hydrogens (tertiary/aromatic N) is 3. The zero-order valence-corrected chi connectivity index (χ0v) is 13.9. The van der Waals surface area contributed by atoms with Gasteiger partial charge in [-0.05, 0) is 12.8 Å². The van der Waals surface area contributed by atoms with E-state index in [1.807, 2.05) is 0 Å². The molecule has 3 heterocycles. The molecule has 5 nitrogen and oxygen atoms in total. The number of guanidine groups is 1. The molecule has 3 saturated heterocycles. The number of fused-ring (bicyclic) bond motifs is 3. The number of hydrogen-bond donors (Lipinski definition) is 2. The molecule has 0 amide bonds. The molecule has 4 aliphatic rings. The second-order valence-corrected chi connectivity index (χ2v) is 5.84. The van der Waals surface area contributed by atoms with Crippen LogP contribution in [0.15, 0.2) is 4.99 Å². The third-order valence-electron chi connectivity index (χ3n) is 4.57. The normalized spacial score (nSPS) is 35.2. The van der Waals surface area contributed by atoms with Gasteiger partial charge in [0.1, 0.15) is 0 Å². The molecule has 1 unspecified atom stereocenters. The summed E-state index contributed by atoms with van der Waals surface area (Å²) in [7, 11) is 0. The van der Waals surface area contributed by atoms with Gasteiger partial charge in [-0.2, -0.15) is 0 Å². The number of halogens is 1. The Balaban J connectivity index is 0.00000133. The van der Waals surface area contributed by atoms with E-state index < -0.39 is 0 Å². The van der Waals surface area contributed by atoms with Gasteiger partial charge in [0.2, 0.25) is 0 Å². The maximum absolute atomic E-state index is 5.98. The van der Waals surface area contributed by atoms with Crippen molar-refractivity contribution in [3.8, 4) is 0 Å². The number of piperazine rings is 3. The third-order valence-corrected chi connectivity index (χ3v) is 4.57. The molecule has 2 bridgehead atoms. The molecule has 0 aromatic rings. The summed E-state index contributed by atoms with van der Waals surface area (Å²) in [6.07, 6.45) is 5.16. The van der Waals surface area contributed by atoms with Crippen molar-refractivity contribution in [1.29, 1.82) is 0 Å². The minimum absolute atomic E-state index is 0. The van der Waals surface area contributed by atoms with Crippen LogP contribution in [0.1, 0.15) is 25.7 Å². The summed E-state index contributed by atoms with van der Waals surface area (Å²) in [5, 5.41) is 3.36. The van der Waals surface area contributed by atoms with Crippen LogP contribution in [0.2, 0.25) is 0 Å². The molecule has 3 aliphatic heterocycles. The zero-order valence-electron chi connectivity index (χ0n) is 11.6. The monoisotopic (exact) mass is 379 g/mol. The van der Waals surface area contributed by atoms with Crippen LogP contribution in [0.5, 0.6) is 0 Å². The van der Waals surface area contributed by atoms with E-state index in [2.05, 4.69) is 20.1 Å². The minimum Gasteiger partial charge on any atom is -0.370 e. The molecule has 1 atom stereocenters. The Kier molecular flexibility index (Phi) is 5.70. The fourth-order valence-corrected chi connectivity index (χ4v) is 3.43. The lowest BCUT2D eigenvalue weighted by atomic mass is 10.1. The molecule has 3 N–H and O–H groups in total. The predicted molar refractivity (Wildman–Crippen MR) is 89.1 cm³/mol. The highest BCUT2D eigenvalue weighted by atomic mass is 127. The molecule has 19 heavy (non-hydrogen) atoms. The van der Waals surface area contributed by atoms with E-state index in [1.54, 1.807) is 0 Å². The molecule has 1 aliphatic carbocycles. The summed E-state index contributed by atoms with van der Waals surface area (Å²) >= 11 is 0. The van der Waals surface area contributed by atoms with Crippen molar-refractivity contribution in [3.05, 3.63) is 0 Å². The van der Waals surface area contributed by atoms with Gasteiger partial charge in [-0.1, -0.05) is 12.8 Å². The van der Waals surface area contributed by atoms with E-state index in [1.165, 1.54) is 58.4 Å². The van der Waals surface area contributed by atoms with Crippen molar-refractivity contribution < 1.29 is 0 Å². The van der Waals surface area contributed by atoms with E-state index in [-0.39, 0.29) is 24.0 Å². The van der Waals surface area contributed by atoms with Crippen molar-refractivity contribution in [2.75, 3.05) is 39.3 Å². The fourth-order valence-electron chi connectivity index (χ4n) is 3.43. The van der Waals surface area contributed by atoms with Crippen LogP contribution >= 0.6 is 24.0 Å². The third kappa shape index (κ3) is 3.95. The van der Waals surface area contributed by atoms with Crippen LogP contribution in [0.3, 0.4) is 0 Å². The summed E-state index contributed by atoms with van der Waals surface area (Å²) in [5.74, 6) is 0.652. The summed E-state index contributed by atoms with van der Waals surface area (Å²) in [6, 6.07) is 1.15. The maximum atomic E-state index is 5.98. The van der Waals surface area contributed by atoms with Gasteiger partial charge < -0.3 is 11.1 Å². The second-order valence-electron chi connectivity index (χ2n) is 5.84. The Bertz CT molecular complexity index is 308. The number of rotatable bonds is 3. The highest BCUT2D eigenvalue weighted by molar-refractivity contribution is 14.0. The van der Waals surface area contributed by atoms with E-state index >= 15 is 0 Å². The molecule has 0 radical (unpaired) electrons. The van der Waals surface area contributed by atoms with Crippen LogP contribution in [0.4, 0.5) is 0 Å². The first kappa shape index (κ1) is 15.3. The van der Waals surface area contributed by atoms with Gasteiger partial charge in [0, 0.05) is 44.8 Å². The van der Waals surface area contributed by atoms with Crippen LogP contribution in [-0.2, 0) is 0 Å². The fraction of sp³-hybridized carbons (Fsp3) is 0.923. The molecule has 1 saturated carbocycles. The van der Waals surface area contributed by atoms with Gasteiger partial charge in [0.15, 0.2) is 5.96 Å². The van der Waals surface area contributed by atoms with Crippen molar-refractivity contribution >= 4 is 29.9 Å². The smallest absolute Gasteiger partial charge is 0.188 e. The first-order chi connectivity index (χ1) is 8.81. The minimum atomic E-state index is 0. The summed E-state index contributed by atoms with van der Waals surface area (Å²) < 4.78 is 0. The Morgan fingerprint density at radius 2 is 1.84 bits per heavy atom. The molecule has 0 aromatic carbocycles. The van der Waals surface area contributed by atoms with Gasteiger partial charge in [-0.25, -0.2) is 0 Å². The first-order valence-electron chi connectivity index (χ1n) is 7.34. The highest BCUT2D eigenvalue weighted by Gasteiger charge is 2.31. The molecule has 4 fully saturated rings. The van der Waals surface area contributed by atoms with Crippen LogP contribution in [0.25, 0.3) is 0 Å².